The van der Waals surface area contributed by atoms with Crippen LogP contribution >= 0.6 is 0 Å². The molecule has 0 unspecified atom stereocenters. The van der Waals surface area contributed by atoms with Crippen LogP contribution in [0.1, 0.15) is 25.7 Å². The summed E-state index contributed by atoms with van der Waals surface area (Å²) in [4.78, 5) is 18.2. The largest absolute Gasteiger partial charge is 0.310 e. The van der Waals surface area contributed by atoms with E-state index in [1.54, 1.807) is 21.6 Å². The van der Waals surface area contributed by atoms with Crippen molar-refractivity contribution in [3.63, 3.8) is 0 Å². The fourth-order valence-corrected chi connectivity index (χ4v) is 5.56. The number of pyridine rings is 1. The molecule has 6 nitrogen and oxygen atoms in total. The highest BCUT2D eigenvalue weighted by Crippen LogP contribution is 2.44. The van der Waals surface area contributed by atoms with Crippen LogP contribution in [0.4, 0.5) is 5.69 Å². The molecule has 1 aromatic heterocycles. The quantitative estimate of drug-likeness (QED) is 0.833. The number of aromatic nitrogens is 1. The van der Waals surface area contributed by atoms with Crippen LogP contribution in [0.15, 0.2) is 24.5 Å². The first kappa shape index (κ1) is 14.1. The van der Waals surface area contributed by atoms with E-state index >= 15 is 0 Å². The summed E-state index contributed by atoms with van der Waals surface area (Å²) in [6.07, 6.45) is 6.13. The van der Waals surface area contributed by atoms with Crippen molar-refractivity contribution in [1.29, 1.82) is 0 Å². The smallest absolute Gasteiger partial charge is 0.227 e. The summed E-state index contributed by atoms with van der Waals surface area (Å²) >= 11 is 0. The average molecular weight is 321 g/mol. The van der Waals surface area contributed by atoms with E-state index in [4.69, 9.17) is 0 Å². The van der Waals surface area contributed by atoms with Gasteiger partial charge in [0.1, 0.15) is 0 Å². The molecule has 0 aromatic carbocycles. The van der Waals surface area contributed by atoms with Crippen LogP contribution in [0.2, 0.25) is 0 Å². The molecule has 3 fully saturated rings. The van der Waals surface area contributed by atoms with Gasteiger partial charge in [-0.2, -0.15) is 0 Å². The van der Waals surface area contributed by atoms with Gasteiger partial charge in [-0.05, 0) is 31.4 Å². The molecule has 2 aliphatic heterocycles. The van der Waals surface area contributed by atoms with Crippen molar-refractivity contribution in [3.05, 3.63) is 24.5 Å². The van der Waals surface area contributed by atoms with Gasteiger partial charge in [-0.15, -0.1) is 0 Å². The fourth-order valence-electron chi connectivity index (χ4n) is 3.61. The first-order valence-electron chi connectivity index (χ1n) is 7.70. The van der Waals surface area contributed by atoms with E-state index in [9.17, 15) is 13.2 Å². The third-order valence-electron chi connectivity index (χ3n) is 4.99. The molecule has 1 spiro atoms. The topological polar surface area (TPSA) is 70.6 Å². The fraction of sp³-hybridized carbons (Fsp3) is 0.600. The molecule has 3 aliphatic rings. The summed E-state index contributed by atoms with van der Waals surface area (Å²) < 4.78 is 26.4. The molecule has 3 heterocycles. The van der Waals surface area contributed by atoms with Crippen molar-refractivity contribution in [3.8, 4) is 0 Å². The Morgan fingerprint density at radius 3 is 2.77 bits per heavy atom. The second kappa shape index (κ2) is 4.76. The number of amides is 1. The molecule has 7 heteroatoms. The second-order valence-corrected chi connectivity index (χ2v) is 8.91. The van der Waals surface area contributed by atoms with Crippen molar-refractivity contribution in [2.75, 3.05) is 24.5 Å². The van der Waals surface area contributed by atoms with Crippen LogP contribution in [0.25, 0.3) is 0 Å². The molecular weight excluding hydrogens is 302 g/mol. The number of nitrogens with zero attached hydrogens (tertiary/aromatic N) is 3. The summed E-state index contributed by atoms with van der Waals surface area (Å²) in [5, 5.41) is -0.172. The molecule has 22 heavy (non-hydrogen) atoms. The average Bonchev–Trinajstić information content (AvgIpc) is 3.22. The standard InChI is InChI=1S/C15H19N3O3S/c19-14-8-15(11-18(14)12-2-1-6-16-9-12)5-7-17(10-15)22(20,21)13-3-4-13/h1-2,6,9,13H,3-5,7-8,10-11H2/t15-/m1/s1. The Labute approximate surface area is 130 Å². The van der Waals surface area contributed by atoms with Gasteiger partial charge in [-0.1, -0.05) is 0 Å². The molecule has 1 saturated carbocycles. The summed E-state index contributed by atoms with van der Waals surface area (Å²) in [6.45, 7) is 1.62. The van der Waals surface area contributed by atoms with Gasteiger partial charge in [0, 0.05) is 37.7 Å². The molecule has 4 rings (SSSR count). The Hall–Kier alpha value is -1.47. The van der Waals surface area contributed by atoms with Gasteiger partial charge in [-0.25, -0.2) is 12.7 Å². The second-order valence-electron chi connectivity index (χ2n) is 6.70. The lowest BCUT2D eigenvalue weighted by atomic mass is 9.86. The summed E-state index contributed by atoms with van der Waals surface area (Å²) in [7, 11) is -3.14. The van der Waals surface area contributed by atoms with E-state index in [0.717, 1.165) is 24.9 Å². The predicted octanol–water partition coefficient (Wildman–Crippen LogP) is 1.00. The number of rotatable bonds is 3. The minimum atomic E-state index is -3.14. The first-order chi connectivity index (χ1) is 10.5. The van der Waals surface area contributed by atoms with Gasteiger partial charge in [-0.3, -0.25) is 9.78 Å². The normalized spacial score (nSPS) is 29.6. The van der Waals surface area contributed by atoms with E-state index in [2.05, 4.69) is 4.98 Å². The Balaban J connectivity index is 1.54. The van der Waals surface area contributed by atoms with E-state index in [1.165, 1.54) is 0 Å². The number of hydrogen-bond acceptors (Lipinski definition) is 4. The molecule has 1 amide bonds. The Morgan fingerprint density at radius 2 is 2.09 bits per heavy atom. The Kier molecular flexibility index (Phi) is 3.06. The number of anilines is 1. The molecule has 0 radical (unpaired) electrons. The molecule has 0 N–H and O–H groups in total. The van der Waals surface area contributed by atoms with Crippen molar-refractivity contribution in [1.82, 2.24) is 9.29 Å². The van der Waals surface area contributed by atoms with Crippen molar-refractivity contribution in [2.45, 2.75) is 30.9 Å². The van der Waals surface area contributed by atoms with E-state index in [1.807, 2.05) is 12.1 Å². The molecular formula is C15H19N3O3S. The highest BCUT2D eigenvalue weighted by molar-refractivity contribution is 7.90. The van der Waals surface area contributed by atoms with Crippen molar-refractivity contribution < 1.29 is 13.2 Å². The van der Waals surface area contributed by atoms with Crippen molar-refractivity contribution >= 4 is 21.6 Å². The maximum Gasteiger partial charge on any atom is 0.227 e. The summed E-state index contributed by atoms with van der Waals surface area (Å²) in [5.41, 5.74) is 0.572. The van der Waals surface area contributed by atoms with E-state index < -0.39 is 10.0 Å². The lowest BCUT2D eigenvalue weighted by Crippen LogP contribution is -2.35. The minimum Gasteiger partial charge on any atom is -0.310 e. The number of carbonyl (C=O) groups is 1. The Morgan fingerprint density at radius 1 is 1.27 bits per heavy atom. The monoisotopic (exact) mass is 321 g/mol. The zero-order valence-electron chi connectivity index (χ0n) is 12.3. The maximum absolute atomic E-state index is 12.4. The predicted molar refractivity (Wildman–Crippen MR) is 81.8 cm³/mol. The van der Waals surface area contributed by atoms with Crippen LogP contribution in [-0.4, -0.2) is 48.5 Å². The number of hydrogen-bond donors (Lipinski definition) is 0. The van der Waals surface area contributed by atoms with Gasteiger partial charge < -0.3 is 4.90 Å². The van der Waals surface area contributed by atoms with Crippen LogP contribution in [0.5, 0.6) is 0 Å². The molecule has 118 valence electrons. The van der Waals surface area contributed by atoms with Crippen LogP contribution in [-0.2, 0) is 14.8 Å². The zero-order chi connectivity index (χ0) is 15.4. The highest BCUT2D eigenvalue weighted by Gasteiger charge is 2.52. The lowest BCUT2D eigenvalue weighted by Gasteiger charge is -2.24. The van der Waals surface area contributed by atoms with Crippen molar-refractivity contribution in [2.24, 2.45) is 5.41 Å². The Bertz CT molecular complexity index is 702. The molecule has 1 atom stereocenters. The maximum atomic E-state index is 12.4. The molecule has 1 aliphatic carbocycles. The molecule has 1 aromatic rings. The summed E-state index contributed by atoms with van der Waals surface area (Å²) in [5.74, 6) is 0.0682. The van der Waals surface area contributed by atoms with Crippen LogP contribution < -0.4 is 4.90 Å². The highest BCUT2D eigenvalue weighted by atomic mass is 32.2. The molecule has 2 saturated heterocycles. The van der Waals surface area contributed by atoms with Gasteiger partial charge in [0.05, 0.1) is 17.1 Å². The van der Waals surface area contributed by atoms with Gasteiger partial charge in [0.25, 0.3) is 0 Å². The SMILES string of the molecule is O=C1C[C@@]2(CCN(S(=O)(=O)C3CC3)C2)CN1c1cccnc1. The van der Waals surface area contributed by atoms with Gasteiger partial charge in [0.2, 0.25) is 15.9 Å². The molecule has 0 bridgehead atoms. The number of carbonyl (C=O) groups excluding carboxylic acids is 1. The van der Waals surface area contributed by atoms with E-state index in [-0.39, 0.29) is 16.6 Å². The lowest BCUT2D eigenvalue weighted by molar-refractivity contribution is -0.117. The van der Waals surface area contributed by atoms with E-state index in [0.29, 0.717) is 26.1 Å². The summed E-state index contributed by atoms with van der Waals surface area (Å²) in [6, 6.07) is 3.68. The minimum absolute atomic E-state index is 0.0682. The van der Waals surface area contributed by atoms with Crippen LogP contribution in [0.3, 0.4) is 0 Å². The number of sulfonamides is 1. The third kappa shape index (κ3) is 2.23. The first-order valence-corrected chi connectivity index (χ1v) is 9.20. The van der Waals surface area contributed by atoms with Gasteiger partial charge >= 0.3 is 0 Å². The van der Waals surface area contributed by atoms with Gasteiger partial charge in [0.15, 0.2) is 0 Å². The third-order valence-corrected chi connectivity index (χ3v) is 7.33. The zero-order valence-corrected chi connectivity index (χ0v) is 13.1. The van der Waals surface area contributed by atoms with Crippen LogP contribution in [0, 0.1) is 5.41 Å².